The molecule has 2 N–H and O–H groups in total. The molecule has 88 valence electrons. The van der Waals surface area contributed by atoms with E-state index in [-0.39, 0.29) is 0 Å². The molecule has 0 spiro atoms. The lowest BCUT2D eigenvalue weighted by molar-refractivity contribution is 0.0854. The molecule has 2 unspecified atom stereocenters. The summed E-state index contributed by atoms with van der Waals surface area (Å²) < 4.78 is 5.45. The molecule has 2 saturated carbocycles. The summed E-state index contributed by atoms with van der Waals surface area (Å²) in [7, 11) is 1.83. The molecule has 0 amide bonds. The van der Waals surface area contributed by atoms with Crippen molar-refractivity contribution < 1.29 is 4.74 Å². The number of hydrogen-bond acceptors (Lipinski definition) is 3. The summed E-state index contributed by atoms with van der Waals surface area (Å²) in [6.07, 6.45) is 7.15. The second kappa shape index (κ2) is 5.83. The molecular formula is C12H24N2O. The highest BCUT2D eigenvalue weighted by Crippen LogP contribution is 2.27. The van der Waals surface area contributed by atoms with Crippen molar-refractivity contribution >= 4 is 0 Å². The Balaban J connectivity index is 1.48. The maximum absolute atomic E-state index is 5.45. The average Bonchev–Trinajstić information content (AvgIpc) is 2.96. The van der Waals surface area contributed by atoms with E-state index in [1.165, 1.54) is 38.6 Å². The Labute approximate surface area is 93.0 Å². The van der Waals surface area contributed by atoms with Crippen LogP contribution in [0.25, 0.3) is 0 Å². The normalized spacial score (nSPS) is 31.0. The second-order valence-corrected chi connectivity index (χ2v) is 4.91. The van der Waals surface area contributed by atoms with E-state index < -0.39 is 0 Å². The van der Waals surface area contributed by atoms with Crippen molar-refractivity contribution in [1.82, 2.24) is 10.6 Å². The van der Waals surface area contributed by atoms with E-state index in [0.29, 0.717) is 12.1 Å². The van der Waals surface area contributed by atoms with Crippen LogP contribution in [0.5, 0.6) is 0 Å². The van der Waals surface area contributed by atoms with Crippen molar-refractivity contribution in [2.24, 2.45) is 5.92 Å². The summed E-state index contributed by atoms with van der Waals surface area (Å²) in [6.45, 7) is 3.40. The molecule has 2 aliphatic rings. The fourth-order valence-corrected chi connectivity index (χ4v) is 2.42. The summed E-state index contributed by atoms with van der Waals surface area (Å²) in [5.74, 6) is 0.989. The first-order valence-electron chi connectivity index (χ1n) is 6.37. The van der Waals surface area contributed by atoms with Gasteiger partial charge in [0.25, 0.3) is 0 Å². The number of methoxy groups -OCH3 is 1. The molecule has 2 aliphatic carbocycles. The fourth-order valence-electron chi connectivity index (χ4n) is 2.42. The number of nitrogens with one attached hydrogen (secondary N) is 2. The van der Waals surface area contributed by atoms with E-state index in [2.05, 4.69) is 10.6 Å². The van der Waals surface area contributed by atoms with Crippen LogP contribution in [0.15, 0.2) is 0 Å². The van der Waals surface area contributed by atoms with Crippen molar-refractivity contribution in [1.29, 1.82) is 0 Å². The van der Waals surface area contributed by atoms with Crippen LogP contribution in [0.4, 0.5) is 0 Å². The second-order valence-electron chi connectivity index (χ2n) is 4.91. The highest BCUT2D eigenvalue weighted by molar-refractivity contribution is 4.84. The van der Waals surface area contributed by atoms with Crippen LogP contribution in [0.3, 0.4) is 0 Å². The zero-order valence-corrected chi connectivity index (χ0v) is 9.80. The smallest absolute Gasteiger partial charge is 0.0724 e. The van der Waals surface area contributed by atoms with Gasteiger partial charge < -0.3 is 15.4 Å². The van der Waals surface area contributed by atoms with Gasteiger partial charge in [0.2, 0.25) is 0 Å². The topological polar surface area (TPSA) is 33.3 Å². The maximum Gasteiger partial charge on any atom is 0.0724 e. The standard InChI is InChI=1S/C12H24N2O/c1-15-12-4-2-3-11(12)14-8-7-13-9-10-5-6-10/h10-14H,2-9H2,1H3. The Hall–Kier alpha value is -0.120. The van der Waals surface area contributed by atoms with Gasteiger partial charge in [-0.2, -0.15) is 0 Å². The predicted molar refractivity (Wildman–Crippen MR) is 62.0 cm³/mol. The Kier molecular flexibility index (Phi) is 4.42. The summed E-state index contributed by atoms with van der Waals surface area (Å²) in [4.78, 5) is 0. The first kappa shape index (κ1) is 11.4. The number of rotatable bonds is 7. The van der Waals surface area contributed by atoms with Crippen molar-refractivity contribution in [2.75, 3.05) is 26.7 Å². The van der Waals surface area contributed by atoms with Gasteiger partial charge in [0, 0.05) is 26.2 Å². The van der Waals surface area contributed by atoms with Crippen molar-refractivity contribution in [3.05, 3.63) is 0 Å². The molecule has 15 heavy (non-hydrogen) atoms. The molecule has 2 fully saturated rings. The van der Waals surface area contributed by atoms with E-state index in [1.807, 2.05) is 7.11 Å². The lowest BCUT2D eigenvalue weighted by atomic mass is 10.2. The predicted octanol–water partition coefficient (Wildman–Crippen LogP) is 1.14. The minimum atomic E-state index is 0.452. The Morgan fingerprint density at radius 1 is 1.13 bits per heavy atom. The Morgan fingerprint density at radius 2 is 2.00 bits per heavy atom. The quantitative estimate of drug-likeness (QED) is 0.621. The third-order valence-electron chi connectivity index (χ3n) is 3.59. The molecule has 0 heterocycles. The highest BCUT2D eigenvalue weighted by atomic mass is 16.5. The van der Waals surface area contributed by atoms with Crippen molar-refractivity contribution in [3.8, 4) is 0 Å². The molecule has 3 heteroatoms. The van der Waals surface area contributed by atoms with Crippen LogP contribution in [0, 0.1) is 5.92 Å². The molecular weight excluding hydrogens is 188 g/mol. The van der Waals surface area contributed by atoms with E-state index in [4.69, 9.17) is 4.74 Å². The minimum absolute atomic E-state index is 0.452. The molecule has 0 aromatic carbocycles. The summed E-state index contributed by atoms with van der Waals surface area (Å²) in [5.41, 5.74) is 0. The zero-order chi connectivity index (χ0) is 10.5. The lowest BCUT2D eigenvalue weighted by Crippen LogP contribution is -2.40. The summed E-state index contributed by atoms with van der Waals surface area (Å²) in [5, 5.41) is 7.09. The fraction of sp³-hybridized carbons (Fsp3) is 1.00. The number of hydrogen-bond donors (Lipinski definition) is 2. The molecule has 0 aliphatic heterocycles. The SMILES string of the molecule is COC1CCCC1NCCNCC1CC1. The monoisotopic (exact) mass is 212 g/mol. The third kappa shape index (κ3) is 3.74. The van der Waals surface area contributed by atoms with Crippen LogP contribution >= 0.6 is 0 Å². The van der Waals surface area contributed by atoms with Gasteiger partial charge in [-0.1, -0.05) is 0 Å². The third-order valence-corrected chi connectivity index (χ3v) is 3.59. The minimum Gasteiger partial charge on any atom is -0.380 e. The molecule has 0 aromatic rings. The van der Waals surface area contributed by atoms with Crippen molar-refractivity contribution in [2.45, 2.75) is 44.2 Å². The summed E-state index contributed by atoms with van der Waals surface area (Å²) in [6, 6.07) is 0.595. The van der Waals surface area contributed by atoms with Crippen LogP contribution in [-0.4, -0.2) is 38.9 Å². The van der Waals surface area contributed by atoms with Gasteiger partial charge in [-0.3, -0.25) is 0 Å². The van der Waals surface area contributed by atoms with E-state index in [9.17, 15) is 0 Å². The maximum atomic E-state index is 5.45. The van der Waals surface area contributed by atoms with Gasteiger partial charge in [-0.25, -0.2) is 0 Å². The summed E-state index contributed by atoms with van der Waals surface area (Å²) >= 11 is 0. The van der Waals surface area contributed by atoms with Gasteiger partial charge in [-0.05, 0) is 44.6 Å². The molecule has 0 aromatic heterocycles. The average molecular weight is 212 g/mol. The first-order valence-corrected chi connectivity index (χ1v) is 6.37. The van der Waals surface area contributed by atoms with E-state index in [0.717, 1.165) is 19.0 Å². The van der Waals surface area contributed by atoms with E-state index >= 15 is 0 Å². The van der Waals surface area contributed by atoms with Crippen LogP contribution in [-0.2, 0) is 4.74 Å². The molecule has 0 radical (unpaired) electrons. The molecule has 2 rings (SSSR count). The molecule has 0 saturated heterocycles. The van der Waals surface area contributed by atoms with Crippen LogP contribution < -0.4 is 10.6 Å². The van der Waals surface area contributed by atoms with Crippen LogP contribution in [0.1, 0.15) is 32.1 Å². The van der Waals surface area contributed by atoms with Gasteiger partial charge in [0.05, 0.1) is 6.10 Å². The highest BCUT2D eigenvalue weighted by Gasteiger charge is 2.26. The van der Waals surface area contributed by atoms with Gasteiger partial charge in [0.15, 0.2) is 0 Å². The first-order chi connectivity index (χ1) is 7.40. The lowest BCUT2D eigenvalue weighted by Gasteiger charge is -2.19. The molecule has 2 atom stereocenters. The van der Waals surface area contributed by atoms with E-state index in [1.54, 1.807) is 0 Å². The van der Waals surface area contributed by atoms with Crippen LogP contribution in [0.2, 0.25) is 0 Å². The molecule has 0 bridgehead atoms. The largest absolute Gasteiger partial charge is 0.380 e. The van der Waals surface area contributed by atoms with Gasteiger partial charge in [-0.15, -0.1) is 0 Å². The zero-order valence-electron chi connectivity index (χ0n) is 9.80. The van der Waals surface area contributed by atoms with Gasteiger partial charge >= 0.3 is 0 Å². The van der Waals surface area contributed by atoms with Crippen molar-refractivity contribution in [3.63, 3.8) is 0 Å². The Bertz CT molecular complexity index is 182. The molecule has 3 nitrogen and oxygen atoms in total. The Morgan fingerprint density at radius 3 is 2.73 bits per heavy atom. The number of ether oxygens (including phenoxy) is 1. The van der Waals surface area contributed by atoms with Gasteiger partial charge in [0.1, 0.15) is 0 Å².